The highest BCUT2D eigenvalue weighted by Crippen LogP contribution is 2.39. The number of hydrogen-bond donors (Lipinski definition) is 2. The summed E-state index contributed by atoms with van der Waals surface area (Å²) in [5, 5.41) is 18.8. The lowest BCUT2D eigenvalue weighted by molar-refractivity contribution is -0.141. The van der Waals surface area contributed by atoms with Gasteiger partial charge in [-0.05, 0) is 32.0 Å². The SMILES string of the molecule is CB(O)N1C2CCCCC2C[C@H]1C(=O)O. The fourth-order valence-electron chi connectivity index (χ4n) is 3.26. The molecule has 15 heavy (non-hydrogen) atoms. The van der Waals surface area contributed by atoms with Crippen LogP contribution in [-0.2, 0) is 4.79 Å². The van der Waals surface area contributed by atoms with E-state index in [0.29, 0.717) is 18.4 Å². The summed E-state index contributed by atoms with van der Waals surface area (Å²) in [4.78, 5) is 12.9. The third-order valence-corrected chi connectivity index (χ3v) is 3.85. The summed E-state index contributed by atoms with van der Waals surface area (Å²) in [6.07, 6.45) is 5.25. The molecule has 3 atom stereocenters. The highest BCUT2D eigenvalue weighted by molar-refractivity contribution is 6.46. The number of nitrogens with zero attached hydrogens (tertiary/aromatic N) is 1. The Morgan fingerprint density at radius 1 is 1.40 bits per heavy atom. The molecule has 0 aromatic carbocycles. The van der Waals surface area contributed by atoms with Crippen molar-refractivity contribution in [3.05, 3.63) is 0 Å². The van der Waals surface area contributed by atoms with Crippen LogP contribution in [0.4, 0.5) is 0 Å². The highest BCUT2D eigenvalue weighted by atomic mass is 16.4. The van der Waals surface area contributed by atoms with E-state index in [-0.39, 0.29) is 0 Å². The molecule has 2 N–H and O–H groups in total. The van der Waals surface area contributed by atoms with Gasteiger partial charge >= 0.3 is 13.0 Å². The second-order valence-corrected chi connectivity index (χ2v) is 4.78. The van der Waals surface area contributed by atoms with Crippen LogP contribution in [0.2, 0.25) is 6.82 Å². The summed E-state index contributed by atoms with van der Waals surface area (Å²) in [6, 6.07) is -0.182. The Balaban J connectivity index is 2.17. The van der Waals surface area contributed by atoms with Gasteiger partial charge in [0.2, 0.25) is 0 Å². The van der Waals surface area contributed by atoms with Crippen molar-refractivity contribution in [2.75, 3.05) is 0 Å². The van der Waals surface area contributed by atoms with E-state index in [1.54, 1.807) is 11.6 Å². The van der Waals surface area contributed by atoms with Gasteiger partial charge in [-0.2, -0.15) is 0 Å². The third kappa shape index (κ3) is 1.90. The second-order valence-electron chi connectivity index (χ2n) is 4.78. The van der Waals surface area contributed by atoms with E-state index >= 15 is 0 Å². The molecule has 0 aromatic rings. The topological polar surface area (TPSA) is 60.8 Å². The smallest absolute Gasteiger partial charge is 0.377 e. The predicted octanol–water partition coefficient (Wildman–Crippen LogP) is 0.814. The molecular formula is C10H18BNO3. The zero-order valence-electron chi connectivity index (χ0n) is 9.09. The molecule has 4 nitrogen and oxygen atoms in total. The largest absolute Gasteiger partial charge is 0.480 e. The van der Waals surface area contributed by atoms with Gasteiger partial charge in [0.1, 0.15) is 6.04 Å². The lowest BCUT2D eigenvalue weighted by Gasteiger charge is -2.33. The van der Waals surface area contributed by atoms with Crippen LogP contribution in [0, 0.1) is 5.92 Å². The van der Waals surface area contributed by atoms with Gasteiger partial charge in [-0.1, -0.05) is 12.8 Å². The molecule has 0 amide bonds. The molecule has 1 saturated carbocycles. The van der Waals surface area contributed by atoms with Gasteiger partial charge in [0.05, 0.1) is 0 Å². The number of carbonyl (C=O) groups is 1. The summed E-state index contributed by atoms with van der Waals surface area (Å²) in [5.74, 6) is -0.306. The van der Waals surface area contributed by atoms with Crippen LogP contribution in [-0.4, -0.2) is 40.0 Å². The Hall–Kier alpha value is -0.545. The normalized spacial score (nSPS) is 36.3. The number of carboxylic acid groups (broad SMARTS) is 1. The van der Waals surface area contributed by atoms with E-state index in [1.165, 1.54) is 6.42 Å². The van der Waals surface area contributed by atoms with Gasteiger partial charge in [0.15, 0.2) is 0 Å². The minimum absolute atomic E-state index is 0.292. The van der Waals surface area contributed by atoms with Crippen LogP contribution in [0.25, 0.3) is 0 Å². The van der Waals surface area contributed by atoms with Crippen molar-refractivity contribution in [1.29, 1.82) is 0 Å². The molecule has 84 valence electrons. The Morgan fingerprint density at radius 2 is 2.07 bits per heavy atom. The molecule has 1 aliphatic heterocycles. The number of fused-ring (bicyclic) bond motifs is 1. The number of rotatable bonds is 2. The summed E-state index contributed by atoms with van der Waals surface area (Å²) in [7, 11) is -0.640. The van der Waals surface area contributed by atoms with E-state index in [9.17, 15) is 9.82 Å². The van der Waals surface area contributed by atoms with Crippen molar-refractivity contribution in [3.8, 4) is 0 Å². The van der Waals surface area contributed by atoms with Gasteiger partial charge in [0, 0.05) is 6.04 Å². The lowest BCUT2D eigenvalue weighted by atomic mass is 9.79. The quantitative estimate of drug-likeness (QED) is 0.663. The number of hydrogen-bond acceptors (Lipinski definition) is 3. The first-order valence-corrected chi connectivity index (χ1v) is 5.79. The minimum Gasteiger partial charge on any atom is -0.480 e. The van der Waals surface area contributed by atoms with E-state index in [1.807, 2.05) is 0 Å². The van der Waals surface area contributed by atoms with Crippen LogP contribution in [0.3, 0.4) is 0 Å². The molecule has 2 aliphatic rings. The molecular weight excluding hydrogens is 193 g/mol. The van der Waals surface area contributed by atoms with Crippen molar-refractivity contribution in [3.63, 3.8) is 0 Å². The first-order valence-electron chi connectivity index (χ1n) is 5.79. The molecule has 2 fully saturated rings. The first-order chi connectivity index (χ1) is 7.11. The summed E-state index contributed by atoms with van der Waals surface area (Å²) in [6.45, 7) is 1.67. The maximum absolute atomic E-state index is 11.1. The molecule has 1 heterocycles. The summed E-state index contributed by atoms with van der Waals surface area (Å²) in [5.41, 5.74) is 0. The zero-order valence-corrected chi connectivity index (χ0v) is 9.09. The number of aliphatic carboxylic acids is 1. The second kappa shape index (κ2) is 4.14. The maximum atomic E-state index is 11.1. The van der Waals surface area contributed by atoms with Crippen molar-refractivity contribution < 1.29 is 14.9 Å². The Bertz CT molecular complexity index is 259. The Kier molecular flexibility index (Phi) is 3.02. The van der Waals surface area contributed by atoms with Gasteiger partial charge < -0.3 is 14.9 Å². The van der Waals surface area contributed by atoms with E-state index in [2.05, 4.69) is 0 Å². The Morgan fingerprint density at radius 3 is 2.67 bits per heavy atom. The van der Waals surface area contributed by atoms with E-state index in [0.717, 1.165) is 19.3 Å². The van der Waals surface area contributed by atoms with E-state index < -0.39 is 19.1 Å². The van der Waals surface area contributed by atoms with Crippen molar-refractivity contribution >= 4 is 13.0 Å². The predicted molar refractivity (Wildman–Crippen MR) is 57.5 cm³/mol. The van der Waals surface area contributed by atoms with Gasteiger partial charge in [0.25, 0.3) is 0 Å². The van der Waals surface area contributed by atoms with Crippen LogP contribution >= 0.6 is 0 Å². The molecule has 1 saturated heterocycles. The van der Waals surface area contributed by atoms with Gasteiger partial charge in [-0.3, -0.25) is 4.79 Å². The summed E-state index contributed by atoms with van der Waals surface area (Å²) < 4.78 is 0. The van der Waals surface area contributed by atoms with Crippen LogP contribution in [0.1, 0.15) is 32.1 Å². The molecule has 5 heteroatoms. The molecule has 2 rings (SSSR count). The lowest BCUT2D eigenvalue weighted by Crippen LogP contribution is -2.50. The first kappa shape index (κ1) is 11.0. The van der Waals surface area contributed by atoms with E-state index in [4.69, 9.17) is 5.11 Å². The molecule has 0 aromatic heterocycles. The van der Waals surface area contributed by atoms with Crippen LogP contribution in [0.5, 0.6) is 0 Å². The molecule has 0 spiro atoms. The zero-order chi connectivity index (χ0) is 11.0. The molecule has 0 bridgehead atoms. The number of carboxylic acids is 1. The van der Waals surface area contributed by atoms with Gasteiger partial charge in [-0.25, -0.2) is 0 Å². The third-order valence-electron chi connectivity index (χ3n) is 3.85. The Labute approximate surface area is 90.4 Å². The van der Waals surface area contributed by atoms with Crippen molar-refractivity contribution in [2.45, 2.75) is 51.0 Å². The van der Waals surface area contributed by atoms with Crippen LogP contribution in [0.15, 0.2) is 0 Å². The average molecular weight is 211 g/mol. The average Bonchev–Trinajstić information content (AvgIpc) is 2.56. The highest BCUT2D eigenvalue weighted by Gasteiger charge is 2.47. The minimum atomic E-state index is -0.787. The molecule has 0 radical (unpaired) electrons. The monoisotopic (exact) mass is 211 g/mol. The van der Waals surface area contributed by atoms with Crippen LogP contribution < -0.4 is 0 Å². The van der Waals surface area contributed by atoms with Crippen molar-refractivity contribution in [1.82, 2.24) is 4.81 Å². The summed E-state index contributed by atoms with van der Waals surface area (Å²) >= 11 is 0. The fraction of sp³-hybridized carbons (Fsp3) is 0.900. The fourth-order valence-corrected chi connectivity index (χ4v) is 3.26. The molecule has 2 unspecified atom stereocenters. The maximum Gasteiger partial charge on any atom is 0.377 e. The van der Waals surface area contributed by atoms with Gasteiger partial charge in [-0.15, -0.1) is 0 Å². The van der Waals surface area contributed by atoms with Crippen molar-refractivity contribution in [2.24, 2.45) is 5.92 Å². The standard InChI is InChI=1S/C10H18BNO3/c1-11(15)12-8-5-3-2-4-7(8)6-9(12)10(13)14/h7-9,15H,2-6H2,1H3,(H,13,14)/t7?,8?,9-/m0/s1. The molecule has 1 aliphatic carbocycles.